The zero-order valence-corrected chi connectivity index (χ0v) is 26.3. The number of aliphatic imine (C=N–C) groups is 1. The van der Waals surface area contributed by atoms with E-state index in [4.69, 9.17) is 14.5 Å². The Morgan fingerprint density at radius 2 is 1.91 bits per heavy atom. The van der Waals surface area contributed by atoms with Crippen LogP contribution >= 0.6 is 11.8 Å². The Kier molecular flexibility index (Phi) is 8.79. The number of benzene rings is 2. The number of thioether (sulfide) groups is 1. The molecule has 2 aromatic carbocycles. The summed E-state index contributed by atoms with van der Waals surface area (Å²) in [5.74, 6) is -0.184. The van der Waals surface area contributed by atoms with Crippen molar-refractivity contribution in [1.29, 1.82) is 0 Å². The number of H-pyrrole nitrogens is 1. The van der Waals surface area contributed by atoms with E-state index in [1.807, 2.05) is 72.8 Å². The fraction of sp³-hybridized carbons (Fsp3) is 0.371. The van der Waals surface area contributed by atoms with E-state index in [-0.39, 0.29) is 41.6 Å². The average molecular weight is 640 g/mol. The second-order valence-electron chi connectivity index (χ2n) is 12.1. The zero-order valence-electron chi connectivity index (χ0n) is 25.5. The minimum Gasteiger partial charge on any atom is -0.496 e. The number of hydrogen-bond acceptors (Lipinski definition) is 8. The quantitative estimate of drug-likeness (QED) is 0.253. The molecule has 5 unspecified atom stereocenters. The highest BCUT2D eigenvalue weighted by molar-refractivity contribution is 8.16. The molecule has 7 rings (SSSR count). The van der Waals surface area contributed by atoms with E-state index in [2.05, 4.69) is 20.9 Å². The summed E-state index contributed by atoms with van der Waals surface area (Å²) in [5, 5.41) is 10.7. The first kappa shape index (κ1) is 30.5. The summed E-state index contributed by atoms with van der Waals surface area (Å²) in [4.78, 5) is 49.7. The molecule has 1 aliphatic carbocycles. The van der Waals surface area contributed by atoms with Crippen LogP contribution in [0.2, 0.25) is 0 Å². The zero-order chi connectivity index (χ0) is 31.6. The Hall–Kier alpha value is -4.19. The fourth-order valence-electron chi connectivity index (χ4n) is 6.83. The largest absolute Gasteiger partial charge is 0.496 e. The maximum absolute atomic E-state index is 14.1. The van der Waals surface area contributed by atoms with Crippen LogP contribution in [0, 0.1) is 5.92 Å². The Morgan fingerprint density at radius 1 is 1.07 bits per heavy atom. The van der Waals surface area contributed by atoms with Crippen LogP contribution in [-0.2, 0) is 20.7 Å². The van der Waals surface area contributed by atoms with Gasteiger partial charge in [-0.15, -0.1) is 0 Å². The van der Waals surface area contributed by atoms with Crippen LogP contribution in [0.25, 0.3) is 10.9 Å². The van der Waals surface area contributed by atoms with E-state index in [1.165, 1.54) is 11.8 Å². The van der Waals surface area contributed by atoms with E-state index in [0.717, 1.165) is 29.4 Å². The van der Waals surface area contributed by atoms with Gasteiger partial charge in [0.2, 0.25) is 11.7 Å². The van der Waals surface area contributed by atoms with Gasteiger partial charge in [-0.25, -0.2) is 0 Å². The monoisotopic (exact) mass is 639 g/mol. The summed E-state index contributed by atoms with van der Waals surface area (Å²) in [6, 6.07) is 15.1. The van der Waals surface area contributed by atoms with Gasteiger partial charge in [-0.1, -0.05) is 72.5 Å². The number of nitrogens with one attached hydrogen (secondary N) is 4. The lowest BCUT2D eigenvalue weighted by Gasteiger charge is -2.26. The van der Waals surface area contributed by atoms with Gasteiger partial charge < -0.3 is 30.4 Å². The van der Waals surface area contributed by atoms with Gasteiger partial charge in [0, 0.05) is 35.7 Å². The Labute approximate surface area is 271 Å². The molecule has 2 saturated heterocycles. The average Bonchev–Trinajstić information content (AvgIpc) is 3.88. The normalized spacial score (nSPS) is 25.8. The first-order valence-corrected chi connectivity index (χ1v) is 16.6. The summed E-state index contributed by atoms with van der Waals surface area (Å²) >= 11 is 1.43. The number of hydrogen-bond donors (Lipinski definition) is 4. The number of amides is 2. The highest BCUT2D eigenvalue weighted by Crippen LogP contribution is 2.34. The Morgan fingerprint density at radius 3 is 2.74 bits per heavy atom. The number of carbonyl (C=O) groups excluding carboxylic acids is 3. The van der Waals surface area contributed by atoms with Crippen LogP contribution in [0.3, 0.4) is 0 Å². The van der Waals surface area contributed by atoms with E-state index < -0.39 is 23.9 Å². The predicted octanol–water partition coefficient (Wildman–Crippen LogP) is 3.35. The van der Waals surface area contributed by atoms with Gasteiger partial charge in [0.25, 0.3) is 5.91 Å². The third-order valence-electron chi connectivity index (χ3n) is 9.24. The SMILES string of the molecule is COc1cccc2[nH]c(C(=O)N[C@@H](Cc3ccccc3)C(=O)N[C@@H](CC3OCC4NCCC43)C(=O)C3=NC4C=CC=CC4S3)cc12. The number of ketones is 1. The molecule has 4 aliphatic rings. The summed E-state index contributed by atoms with van der Waals surface area (Å²) < 4.78 is 11.6. The lowest BCUT2D eigenvalue weighted by molar-refractivity contribution is -0.127. The van der Waals surface area contributed by atoms with Crippen LogP contribution in [0.15, 0.2) is 83.9 Å². The molecule has 7 atom stereocenters. The predicted molar refractivity (Wildman–Crippen MR) is 178 cm³/mol. The molecule has 2 fully saturated rings. The molecule has 3 aliphatic heterocycles. The van der Waals surface area contributed by atoms with Crippen molar-refractivity contribution in [3.05, 3.63) is 90.2 Å². The number of aromatic nitrogens is 1. The van der Waals surface area contributed by atoms with Crippen molar-refractivity contribution in [2.45, 2.75) is 54.8 Å². The summed E-state index contributed by atoms with van der Waals surface area (Å²) in [7, 11) is 1.58. The molecule has 0 radical (unpaired) electrons. The number of methoxy groups -OCH3 is 1. The van der Waals surface area contributed by atoms with Crippen molar-refractivity contribution in [2.75, 3.05) is 20.3 Å². The van der Waals surface area contributed by atoms with Crippen molar-refractivity contribution >= 4 is 45.3 Å². The number of rotatable bonds is 11. The van der Waals surface area contributed by atoms with E-state index in [1.54, 1.807) is 13.2 Å². The standard InChI is InChI=1S/C35H37N5O5S/c1-44-29-12-7-11-23-22(29)17-27(37-23)34(43)39-26(16-20-8-3-2-4-9-20)33(42)38-25(18-30-21-14-15-36-28(21)19-45-30)32(41)35-40-24-10-5-6-13-31(24)46-35/h2-13,17,21,24-26,28,30-31,36-37H,14-16,18-19H2,1H3,(H,38,42)(H,39,43)/t21?,24?,25-,26-,28?,30?,31?/m0/s1. The minimum atomic E-state index is -0.949. The van der Waals surface area contributed by atoms with Gasteiger partial charge in [-0.05, 0) is 36.7 Å². The molecule has 0 spiro atoms. The number of nitrogens with zero attached hydrogens (tertiary/aromatic N) is 1. The van der Waals surface area contributed by atoms with Gasteiger partial charge in [-0.2, -0.15) is 0 Å². The third-order valence-corrected chi connectivity index (χ3v) is 10.5. The van der Waals surface area contributed by atoms with Crippen LogP contribution in [0.1, 0.15) is 28.9 Å². The maximum atomic E-state index is 14.1. The number of ether oxygens (including phenoxy) is 2. The number of fused-ring (bicyclic) bond motifs is 3. The van der Waals surface area contributed by atoms with Crippen LogP contribution in [0.4, 0.5) is 0 Å². The van der Waals surface area contributed by atoms with Crippen LogP contribution < -0.4 is 20.7 Å². The number of allylic oxidation sites excluding steroid dienone is 2. The van der Waals surface area contributed by atoms with Crippen molar-refractivity contribution in [1.82, 2.24) is 20.9 Å². The first-order chi connectivity index (χ1) is 22.5. The molecule has 1 aromatic heterocycles. The molecule has 3 aromatic rings. The molecule has 0 saturated carbocycles. The lowest BCUT2D eigenvalue weighted by Crippen LogP contribution is -2.54. The lowest BCUT2D eigenvalue weighted by atomic mass is 9.91. The fourth-order valence-corrected chi connectivity index (χ4v) is 7.99. The van der Waals surface area contributed by atoms with Gasteiger partial charge in [0.1, 0.15) is 22.5 Å². The maximum Gasteiger partial charge on any atom is 0.268 e. The molecule has 0 bridgehead atoms. The molecule has 2 amide bonds. The van der Waals surface area contributed by atoms with E-state index in [9.17, 15) is 14.4 Å². The number of Topliss-reactive ketones (excluding diaryl/α,β-unsaturated/α-hetero) is 1. The highest BCUT2D eigenvalue weighted by atomic mass is 32.2. The van der Waals surface area contributed by atoms with Crippen molar-refractivity contribution in [3.8, 4) is 5.75 Å². The minimum absolute atomic E-state index is 0.0616. The van der Waals surface area contributed by atoms with Gasteiger partial charge in [0.05, 0.1) is 37.2 Å². The van der Waals surface area contributed by atoms with Crippen LogP contribution in [-0.4, -0.2) is 83.4 Å². The third kappa shape index (κ3) is 6.27. The van der Waals surface area contributed by atoms with Gasteiger partial charge in [-0.3, -0.25) is 19.4 Å². The molecule has 4 N–H and O–H groups in total. The second-order valence-corrected chi connectivity index (χ2v) is 13.3. The number of aromatic amines is 1. The van der Waals surface area contributed by atoms with Crippen molar-refractivity contribution in [2.24, 2.45) is 10.9 Å². The van der Waals surface area contributed by atoms with Gasteiger partial charge >= 0.3 is 0 Å². The molecule has 46 heavy (non-hydrogen) atoms. The molecule has 4 heterocycles. The first-order valence-electron chi connectivity index (χ1n) is 15.8. The Balaban J connectivity index is 1.14. The number of carbonyl (C=O) groups is 3. The summed E-state index contributed by atoms with van der Waals surface area (Å²) in [6.07, 6.45) is 9.31. The molecule has 10 nitrogen and oxygen atoms in total. The van der Waals surface area contributed by atoms with E-state index >= 15 is 0 Å². The summed E-state index contributed by atoms with van der Waals surface area (Å²) in [5.41, 5.74) is 1.93. The molecule has 11 heteroatoms. The van der Waals surface area contributed by atoms with Crippen molar-refractivity contribution in [3.63, 3.8) is 0 Å². The topological polar surface area (TPSA) is 134 Å². The highest BCUT2D eigenvalue weighted by Gasteiger charge is 2.44. The van der Waals surface area contributed by atoms with Crippen LogP contribution in [0.5, 0.6) is 5.75 Å². The molecular weight excluding hydrogens is 602 g/mol. The Bertz CT molecular complexity index is 1720. The smallest absolute Gasteiger partial charge is 0.268 e. The second kappa shape index (κ2) is 13.3. The van der Waals surface area contributed by atoms with E-state index in [0.29, 0.717) is 29.5 Å². The van der Waals surface area contributed by atoms with Gasteiger partial charge in [0.15, 0.2) is 0 Å². The summed E-state index contributed by atoms with van der Waals surface area (Å²) in [6.45, 7) is 1.50. The van der Waals surface area contributed by atoms with Crippen molar-refractivity contribution < 1.29 is 23.9 Å². The molecule has 238 valence electrons. The molecular formula is C35H37N5O5S.